The van der Waals surface area contributed by atoms with Crippen LogP contribution in [0.4, 0.5) is 5.13 Å². The van der Waals surface area contributed by atoms with Gasteiger partial charge < -0.3 is 5.73 Å². The number of amides is 1. The highest BCUT2D eigenvalue weighted by atomic mass is 32.1. The van der Waals surface area contributed by atoms with Crippen molar-refractivity contribution in [1.29, 1.82) is 0 Å². The third kappa shape index (κ3) is 1.53. The molecule has 1 aromatic heterocycles. The molecule has 17 heavy (non-hydrogen) atoms. The molecule has 1 aliphatic rings. The van der Waals surface area contributed by atoms with Gasteiger partial charge in [-0.25, -0.2) is 4.98 Å². The van der Waals surface area contributed by atoms with E-state index in [9.17, 15) is 4.79 Å². The standard InChI is InChI=1S/C11H10N4OS/c1-6-9(12)10(16)15(14-6)11-13-7-4-2-3-5-8(7)17-11/h2-5,9H,12H2,1H3. The van der Waals surface area contributed by atoms with Crippen molar-refractivity contribution in [2.75, 3.05) is 5.01 Å². The molecule has 0 saturated carbocycles. The Morgan fingerprint density at radius 2 is 2.18 bits per heavy atom. The van der Waals surface area contributed by atoms with Gasteiger partial charge in [-0.3, -0.25) is 4.79 Å². The zero-order chi connectivity index (χ0) is 12.0. The SMILES string of the molecule is CC1=NN(c2nc3ccccc3s2)C(=O)C1N. The van der Waals surface area contributed by atoms with Crippen LogP contribution in [0.2, 0.25) is 0 Å². The molecular formula is C11H10N4OS. The molecule has 2 heterocycles. The average molecular weight is 246 g/mol. The average Bonchev–Trinajstić information content (AvgIpc) is 2.86. The normalized spacial score (nSPS) is 20.1. The fourth-order valence-electron chi connectivity index (χ4n) is 1.67. The number of benzene rings is 1. The molecule has 0 aliphatic carbocycles. The molecule has 1 atom stereocenters. The minimum absolute atomic E-state index is 0.221. The maximum Gasteiger partial charge on any atom is 0.272 e. The summed E-state index contributed by atoms with van der Waals surface area (Å²) in [6, 6.07) is 7.09. The van der Waals surface area contributed by atoms with Gasteiger partial charge in [0.1, 0.15) is 6.04 Å². The van der Waals surface area contributed by atoms with Crippen LogP contribution in [-0.4, -0.2) is 22.6 Å². The van der Waals surface area contributed by atoms with E-state index in [4.69, 9.17) is 5.73 Å². The molecule has 1 unspecified atom stereocenters. The van der Waals surface area contributed by atoms with Gasteiger partial charge >= 0.3 is 0 Å². The number of carbonyl (C=O) groups is 1. The lowest BCUT2D eigenvalue weighted by Gasteiger charge is -2.07. The van der Waals surface area contributed by atoms with Gasteiger partial charge in [0.2, 0.25) is 5.13 Å². The minimum atomic E-state index is -0.637. The summed E-state index contributed by atoms with van der Waals surface area (Å²) in [4.78, 5) is 16.2. The highest BCUT2D eigenvalue weighted by Crippen LogP contribution is 2.30. The number of hydrazone groups is 1. The van der Waals surface area contributed by atoms with Crippen LogP contribution < -0.4 is 10.7 Å². The maximum atomic E-state index is 11.8. The number of nitrogens with zero attached hydrogens (tertiary/aromatic N) is 3. The highest BCUT2D eigenvalue weighted by Gasteiger charge is 2.33. The number of hydrogen-bond acceptors (Lipinski definition) is 5. The first-order chi connectivity index (χ1) is 8.16. The fourth-order valence-corrected chi connectivity index (χ4v) is 2.59. The first-order valence-corrected chi connectivity index (χ1v) is 5.98. The zero-order valence-corrected chi connectivity index (χ0v) is 9.94. The molecule has 3 rings (SSSR count). The summed E-state index contributed by atoms with van der Waals surface area (Å²) >= 11 is 1.43. The van der Waals surface area contributed by atoms with Gasteiger partial charge in [0.15, 0.2) is 0 Å². The van der Waals surface area contributed by atoms with E-state index in [1.807, 2.05) is 24.3 Å². The first kappa shape index (κ1) is 10.4. The van der Waals surface area contributed by atoms with Crippen LogP contribution in [0.3, 0.4) is 0 Å². The number of rotatable bonds is 1. The van der Waals surface area contributed by atoms with Gasteiger partial charge in [-0.1, -0.05) is 23.5 Å². The van der Waals surface area contributed by atoms with Gasteiger partial charge in [0.05, 0.1) is 15.9 Å². The third-order valence-electron chi connectivity index (χ3n) is 2.65. The summed E-state index contributed by atoms with van der Waals surface area (Å²) < 4.78 is 1.03. The molecule has 0 spiro atoms. The van der Waals surface area contributed by atoms with Crippen molar-refractivity contribution in [2.45, 2.75) is 13.0 Å². The second-order valence-corrected chi connectivity index (χ2v) is 4.84. The summed E-state index contributed by atoms with van der Waals surface area (Å²) in [7, 11) is 0. The molecule has 2 aromatic rings. The van der Waals surface area contributed by atoms with E-state index in [1.54, 1.807) is 6.92 Å². The molecule has 6 heteroatoms. The third-order valence-corrected chi connectivity index (χ3v) is 3.66. The van der Waals surface area contributed by atoms with E-state index in [-0.39, 0.29) is 5.91 Å². The second kappa shape index (κ2) is 3.61. The van der Waals surface area contributed by atoms with Crippen LogP contribution in [-0.2, 0) is 4.79 Å². The molecule has 0 saturated heterocycles. The number of fused-ring (bicyclic) bond motifs is 1. The number of anilines is 1. The van der Waals surface area contributed by atoms with Crippen molar-refractivity contribution in [3.05, 3.63) is 24.3 Å². The summed E-state index contributed by atoms with van der Waals surface area (Å²) in [5, 5.41) is 6.01. The Kier molecular flexibility index (Phi) is 2.20. The van der Waals surface area contributed by atoms with Gasteiger partial charge in [-0.05, 0) is 19.1 Å². The Labute approximate surface area is 102 Å². The number of carbonyl (C=O) groups excluding carboxylic acids is 1. The van der Waals surface area contributed by atoms with Crippen LogP contribution in [0.5, 0.6) is 0 Å². The zero-order valence-electron chi connectivity index (χ0n) is 9.12. The van der Waals surface area contributed by atoms with Crippen molar-refractivity contribution in [3.63, 3.8) is 0 Å². The quantitative estimate of drug-likeness (QED) is 0.825. The Hall–Kier alpha value is -1.79. The lowest BCUT2D eigenvalue weighted by molar-refractivity contribution is -0.117. The van der Waals surface area contributed by atoms with E-state index in [2.05, 4.69) is 10.1 Å². The molecule has 1 amide bonds. The van der Waals surface area contributed by atoms with Crippen molar-refractivity contribution in [1.82, 2.24) is 4.98 Å². The van der Waals surface area contributed by atoms with Crippen LogP contribution >= 0.6 is 11.3 Å². The van der Waals surface area contributed by atoms with Crippen molar-refractivity contribution in [2.24, 2.45) is 10.8 Å². The number of para-hydroxylation sites is 1. The molecule has 2 N–H and O–H groups in total. The summed E-state index contributed by atoms with van der Waals surface area (Å²) in [5.74, 6) is -0.221. The minimum Gasteiger partial charge on any atom is -0.315 e. The topological polar surface area (TPSA) is 71.6 Å². The van der Waals surface area contributed by atoms with E-state index in [0.717, 1.165) is 10.2 Å². The number of nitrogens with two attached hydrogens (primary N) is 1. The fraction of sp³-hybridized carbons (Fsp3) is 0.182. The molecule has 0 fully saturated rings. The summed E-state index contributed by atoms with van der Waals surface area (Å²) in [6.07, 6.45) is 0. The predicted molar refractivity (Wildman–Crippen MR) is 68.2 cm³/mol. The van der Waals surface area contributed by atoms with Gasteiger partial charge in [0.25, 0.3) is 5.91 Å². The van der Waals surface area contributed by atoms with E-state index in [1.165, 1.54) is 16.3 Å². The van der Waals surface area contributed by atoms with Crippen molar-refractivity contribution < 1.29 is 4.79 Å². The maximum absolute atomic E-state index is 11.8. The molecule has 0 bridgehead atoms. The number of aromatic nitrogens is 1. The van der Waals surface area contributed by atoms with Gasteiger partial charge in [-0.2, -0.15) is 10.1 Å². The number of hydrogen-bond donors (Lipinski definition) is 1. The Balaban J connectivity index is 2.08. The van der Waals surface area contributed by atoms with Crippen molar-refractivity contribution in [3.8, 4) is 0 Å². The summed E-state index contributed by atoms with van der Waals surface area (Å²) in [6.45, 7) is 1.75. The van der Waals surface area contributed by atoms with E-state index >= 15 is 0 Å². The first-order valence-electron chi connectivity index (χ1n) is 5.17. The molecular weight excluding hydrogens is 236 g/mol. The molecule has 1 aliphatic heterocycles. The Morgan fingerprint density at radius 1 is 1.41 bits per heavy atom. The lowest BCUT2D eigenvalue weighted by Crippen LogP contribution is -2.38. The highest BCUT2D eigenvalue weighted by molar-refractivity contribution is 7.22. The lowest BCUT2D eigenvalue weighted by atomic mass is 10.2. The van der Waals surface area contributed by atoms with E-state index in [0.29, 0.717) is 10.8 Å². The van der Waals surface area contributed by atoms with Crippen LogP contribution in [0, 0.1) is 0 Å². The molecule has 5 nitrogen and oxygen atoms in total. The van der Waals surface area contributed by atoms with Gasteiger partial charge in [0, 0.05) is 0 Å². The van der Waals surface area contributed by atoms with E-state index < -0.39 is 6.04 Å². The van der Waals surface area contributed by atoms with Gasteiger partial charge in [-0.15, -0.1) is 0 Å². The number of thiazole rings is 1. The molecule has 86 valence electrons. The smallest absolute Gasteiger partial charge is 0.272 e. The largest absolute Gasteiger partial charge is 0.315 e. The van der Waals surface area contributed by atoms with Crippen LogP contribution in [0.1, 0.15) is 6.92 Å². The Morgan fingerprint density at radius 3 is 2.82 bits per heavy atom. The monoisotopic (exact) mass is 246 g/mol. The van der Waals surface area contributed by atoms with Crippen LogP contribution in [0.25, 0.3) is 10.2 Å². The predicted octanol–water partition coefficient (Wildman–Crippen LogP) is 1.35. The second-order valence-electron chi connectivity index (χ2n) is 3.83. The molecule has 1 aromatic carbocycles. The molecule has 0 radical (unpaired) electrons. The van der Waals surface area contributed by atoms with Crippen molar-refractivity contribution >= 4 is 38.3 Å². The van der Waals surface area contributed by atoms with Crippen LogP contribution in [0.15, 0.2) is 29.4 Å². The summed E-state index contributed by atoms with van der Waals surface area (Å²) in [5.41, 5.74) is 7.19. The Bertz CT molecular complexity index is 600.